The van der Waals surface area contributed by atoms with E-state index in [-0.39, 0.29) is 6.04 Å². The van der Waals surface area contributed by atoms with Crippen LogP contribution < -0.4 is 4.74 Å². The smallest absolute Gasteiger partial charge is 0.185 e. The van der Waals surface area contributed by atoms with E-state index in [9.17, 15) is 4.79 Å². The molecule has 0 unspecified atom stereocenters. The summed E-state index contributed by atoms with van der Waals surface area (Å²) in [6, 6.07) is 4.08. The average Bonchev–Trinajstić information content (AvgIpc) is 2.65. The third-order valence-electron chi connectivity index (χ3n) is 2.76. The molecule has 4 heteroatoms. The summed E-state index contributed by atoms with van der Waals surface area (Å²) in [6.45, 7) is 6.03. The summed E-state index contributed by atoms with van der Waals surface area (Å²) >= 11 is 0. The van der Waals surface area contributed by atoms with Crippen molar-refractivity contribution in [3.63, 3.8) is 0 Å². The number of hydrogen-bond donors (Lipinski definition) is 0. The number of hydrogen-bond acceptors (Lipinski definition) is 3. The molecular weight excluding hydrogens is 216 g/mol. The van der Waals surface area contributed by atoms with Crippen molar-refractivity contribution >= 4 is 17.3 Å². The van der Waals surface area contributed by atoms with Crippen LogP contribution in [0.2, 0.25) is 0 Å². The predicted molar refractivity (Wildman–Crippen MR) is 66.8 cm³/mol. The Hall–Kier alpha value is -1.84. The molecular formula is C13H16N2O2. The molecule has 0 bridgehead atoms. The van der Waals surface area contributed by atoms with Gasteiger partial charge in [0.25, 0.3) is 0 Å². The number of rotatable bonds is 3. The van der Waals surface area contributed by atoms with E-state index in [0.717, 1.165) is 28.6 Å². The molecule has 0 aliphatic rings. The van der Waals surface area contributed by atoms with E-state index in [1.54, 1.807) is 7.11 Å². The highest BCUT2D eigenvalue weighted by Crippen LogP contribution is 2.30. The van der Waals surface area contributed by atoms with Crippen LogP contribution in [-0.2, 0) is 0 Å². The number of aryl methyl sites for hydroxylation is 1. The number of benzene rings is 1. The monoisotopic (exact) mass is 232 g/mol. The van der Waals surface area contributed by atoms with Gasteiger partial charge in [0.15, 0.2) is 12.1 Å². The third kappa shape index (κ3) is 1.79. The molecule has 0 aliphatic heterocycles. The standard InChI is InChI=1S/C13H16N2O2/c1-8(2)15-12(7-16)14-10-5-9(3)6-11(17-4)13(10)15/h5-8H,1-4H3. The molecule has 17 heavy (non-hydrogen) atoms. The molecule has 2 rings (SSSR count). The molecule has 0 saturated carbocycles. The Morgan fingerprint density at radius 3 is 2.65 bits per heavy atom. The number of imidazole rings is 1. The first-order valence-electron chi connectivity index (χ1n) is 5.60. The SMILES string of the molecule is COc1cc(C)cc2nc(C=O)n(C(C)C)c12. The predicted octanol–water partition coefficient (Wildman–Crippen LogP) is 2.75. The third-order valence-corrected chi connectivity index (χ3v) is 2.76. The summed E-state index contributed by atoms with van der Waals surface area (Å²) in [5.74, 6) is 1.20. The van der Waals surface area contributed by atoms with Gasteiger partial charge in [-0.25, -0.2) is 4.98 Å². The molecule has 0 fully saturated rings. The van der Waals surface area contributed by atoms with Crippen molar-refractivity contribution in [2.45, 2.75) is 26.8 Å². The van der Waals surface area contributed by atoms with E-state index in [1.165, 1.54) is 0 Å². The maximum atomic E-state index is 11.1. The molecule has 1 aromatic carbocycles. The van der Waals surface area contributed by atoms with Crippen molar-refractivity contribution in [1.29, 1.82) is 0 Å². The van der Waals surface area contributed by atoms with Crippen LogP contribution in [0, 0.1) is 6.92 Å². The Labute approximate surface area is 100 Å². The maximum Gasteiger partial charge on any atom is 0.185 e. The highest BCUT2D eigenvalue weighted by molar-refractivity contribution is 5.88. The molecule has 0 amide bonds. The molecule has 90 valence electrons. The second-order valence-corrected chi connectivity index (χ2v) is 4.39. The van der Waals surface area contributed by atoms with Gasteiger partial charge in [-0.2, -0.15) is 0 Å². The topological polar surface area (TPSA) is 44.1 Å². The van der Waals surface area contributed by atoms with E-state index < -0.39 is 0 Å². The zero-order chi connectivity index (χ0) is 12.6. The first-order valence-corrected chi connectivity index (χ1v) is 5.60. The lowest BCUT2D eigenvalue weighted by Crippen LogP contribution is -2.06. The van der Waals surface area contributed by atoms with Crippen LogP contribution in [0.4, 0.5) is 0 Å². The molecule has 4 nitrogen and oxygen atoms in total. The first kappa shape index (κ1) is 11.6. The van der Waals surface area contributed by atoms with Crippen LogP contribution in [0.15, 0.2) is 12.1 Å². The largest absolute Gasteiger partial charge is 0.494 e. The van der Waals surface area contributed by atoms with E-state index in [4.69, 9.17) is 4.74 Å². The van der Waals surface area contributed by atoms with Gasteiger partial charge in [0.2, 0.25) is 0 Å². The Balaban J connectivity index is 2.89. The average molecular weight is 232 g/mol. The minimum atomic E-state index is 0.164. The van der Waals surface area contributed by atoms with Gasteiger partial charge in [0.1, 0.15) is 11.3 Å². The Morgan fingerprint density at radius 2 is 2.12 bits per heavy atom. The zero-order valence-electron chi connectivity index (χ0n) is 10.5. The van der Waals surface area contributed by atoms with Gasteiger partial charge < -0.3 is 9.30 Å². The van der Waals surface area contributed by atoms with Crippen molar-refractivity contribution in [3.8, 4) is 5.75 Å². The maximum absolute atomic E-state index is 11.1. The van der Waals surface area contributed by atoms with Crippen molar-refractivity contribution in [2.75, 3.05) is 7.11 Å². The fourth-order valence-corrected chi connectivity index (χ4v) is 2.11. The molecule has 0 atom stereocenters. The summed E-state index contributed by atoms with van der Waals surface area (Å²) in [7, 11) is 1.63. The Kier molecular flexibility index (Phi) is 2.88. The van der Waals surface area contributed by atoms with Gasteiger partial charge in [0, 0.05) is 6.04 Å². The number of fused-ring (bicyclic) bond motifs is 1. The van der Waals surface area contributed by atoms with Crippen LogP contribution in [0.3, 0.4) is 0 Å². The van der Waals surface area contributed by atoms with Crippen molar-refractivity contribution in [3.05, 3.63) is 23.5 Å². The molecule has 0 spiro atoms. The number of carbonyl (C=O) groups excluding carboxylic acids is 1. The molecule has 1 heterocycles. The van der Waals surface area contributed by atoms with Gasteiger partial charge in [-0.15, -0.1) is 0 Å². The highest BCUT2D eigenvalue weighted by Gasteiger charge is 2.16. The van der Waals surface area contributed by atoms with E-state index in [1.807, 2.05) is 37.5 Å². The first-order chi connectivity index (χ1) is 8.08. The number of aldehydes is 1. The second-order valence-electron chi connectivity index (χ2n) is 4.39. The lowest BCUT2D eigenvalue weighted by molar-refractivity contribution is 0.111. The lowest BCUT2D eigenvalue weighted by atomic mass is 10.2. The lowest BCUT2D eigenvalue weighted by Gasteiger charge is -2.12. The van der Waals surface area contributed by atoms with Crippen molar-refractivity contribution < 1.29 is 9.53 Å². The quantitative estimate of drug-likeness (QED) is 0.764. The molecule has 0 aliphatic carbocycles. The second kappa shape index (κ2) is 4.20. The van der Waals surface area contributed by atoms with Gasteiger partial charge in [-0.3, -0.25) is 4.79 Å². The number of carbonyl (C=O) groups is 1. The summed E-state index contributed by atoms with van der Waals surface area (Å²) in [4.78, 5) is 15.4. The van der Waals surface area contributed by atoms with Gasteiger partial charge >= 0.3 is 0 Å². The summed E-state index contributed by atoms with van der Waals surface area (Å²) < 4.78 is 7.28. The Bertz CT molecular complexity index is 570. The summed E-state index contributed by atoms with van der Waals surface area (Å²) in [5, 5.41) is 0. The minimum absolute atomic E-state index is 0.164. The number of methoxy groups -OCH3 is 1. The van der Waals surface area contributed by atoms with Crippen LogP contribution in [0.5, 0.6) is 5.75 Å². The van der Waals surface area contributed by atoms with Crippen LogP contribution in [-0.4, -0.2) is 22.9 Å². The zero-order valence-corrected chi connectivity index (χ0v) is 10.5. The van der Waals surface area contributed by atoms with Crippen LogP contribution in [0.25, 0.3) is 11.0 Å². The highest BCUT2D eigenvalue weighted by atomic mass is 16.5. The van der Waals surface area contributed by atoms with Crippen LogP contribution >= 0.6 is 0 Å². The fraction of sp³-hybridized carbons (Fsp3) is 0.385. The molecule has 2 aromatic rings. The summed E-state index contributed by atoms with van der Waals surface area (Å²) in [6.07, 6.45) is 0.786. The van der Waals surface area contributed by atoms with Crippen LogP contribution in [0.1, 0.15) is 36.1 Å². The summed E-state index contributed by atoms with van der Waals surface area (Å²) in [5.41, 5.74) is 2.76. The normalized spacial score (nSPS) is 11.1. The van der Waals surface area contributed by atoms with Gasteiger partial charge in [-0.05, 0) is 38.5 Å². The van der Waals surface area contributed by atoms with E-state index in [2.05, 4.69) is 4.98 Å². The van der Waals surface area contributed by atoms with Gasteiger partial charge in [-0.1, -0.05) is 0 Å². The van der Waals surface area contributed by atoms with E-state index in [0.29, 0.717) is 5.82 Å². The minimum Gasteiger partial charge on any atom is -0.494 e. The van der Waals surface area contributed by atoms with Crippen molar-refractivity contribution in [1.82, 2.24) is 9.55 Å². The van der Waals surface area contributed by atoms with Crippen molar-refractivity contribution in [2.24, 2.45) is 0 Å². The van der Waals surface area contributed by atoms with Gasteiger partial charge in [0.05, 0.1) is 12.6 Å². The Morgan fingerprint density at radius 1 is 1.41 bits per heavy atom. The molecule has 0 N–H and O–H groups in total. The number of ether oxygens (including phenoxy) is 1. The molecule has 0 saturated heterocycles. The fourth-order valence-electron chi connectivity index (χ4n) is 2.11. The number of nitrogens with zero attached hydrogens (tertiary/aromatic N) is 2. The molecule has 0 radical (unpaired) electrons. The number of aromatic nitrogens is 2. The molecule has 1 aromatic heterocycles. The van der Waals surface area contributed by atoms with E-state index >= 15 is 0 Å².